The molecular weight excluding hydrogens is 396 g/mol. The number of benzene rings is 1. The number of fused-ring (bicyclic) bond motifs is 1. The number of alkyl halides is 3. The number of nitrogens with one attached hydrogen (secondary N) is 2. The van der Waals surface area contributed by atoms with E-state index in [0.29, 0.717) is 5.56 Å². The molecule has 9 nitrogen and oxygen atoms in total. The zero-order valence-corrected chi connectivity index (χ0v) is 14.4. The number of halogens is 3. The highest BCUT2D eigenvalue weighted by Crippen LogP contribution is 2.32. The van der Waals surface area contributed by atoms with E-state index in [0.717, 1.165) is 0 Å². The van der Waals surface area contributed by atoms with Gasteiger partial charge in [-0.25, -0.2) is 13.1 Å². The van der Waals surface area contributed by atoms with Crippen molar-refractivity contribution in [1.82, 2.24) is 10.0 Å². The van der Waals surface area contributed by atoms with Gasteiger partial charge in [-0.05, 0) is 12.0 Å². The molecule has 1 amide bonds. The number of sulfonamides is 1. The number of hydrogen-bond donors (Lipinski definition) is 5. The van der Waals surface area contributed by atoms with E-state index in [2.05, 4.69) is 5.32 Å². The molecule has 27 heavy (non-hydrogen) atoms. The molecule has 0 unspecified atom stereocenters. The van der Waals surface area contributed by atoms with E-state index in [9.17, 15) is 41.6 Å². The van der Waals surface area contributed by atoms with E-state index in [1.807, 2.05) is 0 Å². The van der Waals surface area contributed by atoms with Crippen molar-refractivity contribution in [3.8, 4) is 5.75 Å². The highest BCUT2D eigenvalue weighted by atomic mass is 32.2. The minimum atomic E-state index is -5.54. The minimum Gasteiger partial charge on any atom is -0.534 e. The lowest BCUT2D eigenvalue weighted by Gasteiger charge is -2.29. The Kier molecular flexibility index (Phi) is 6.37. The molecular formula is C13H16BF3N2O7S. The first-order valence-electron chi connectivity index (χ1n) is 7.60. The van der Waals surface area contributed by atoms with Gasteiger partial charge in [0.05, 0.1) is 5.94 Å². The van der Waals surface area contributed by atoms with Crippen LogP contribution in [-0.2, 0) is 21.2 Å². The van der Waals surface area contributed by atoms with Crippen LogP contribution >= 0.6 is 0 Å². The van der Waals surface area contributed by atoms with Crippen LogP contribution in [0.4, 0.5) is 13.2 Å². The molecule has 1 aromatic rings. The van der Waals surface area contributed by atoms with E-state index in [4.69, 9.17) is 4.65 Å². The highest BCUT2D eigenvalue weighted by molar-refractivity contribution is 7.90. The molecule has 1 aliphatic rings. The number of aliphatic hydroxyl groups excluding tert-OH is 1. The second-order valence-corrected chi connectivity index (χ2v) is 7.45. The van der Waals surface area contributed by atoms with Crippen LogP contribution in [0.3, 0.4) is 0 Å². The number of carbonyl (C=O) groups excluding carboxylic acids is 1. The third kappa shape index (κ3) is 5.10. The van der Waals surface area contributed by atoms with E-state index in [1.165, 1.54) is 16.9 Å². The summed E-state index contributed by atoms with van der Waals surface area (Å²) in [5, 5.41) is 30.9. The monoisotopic (exact) mass is 412 g/mol. The molecule has 0 saturated carbocycles. The third-order valence-electron chi connectivity index (χ3n) is 3.72. The normalized spacial score (nSPS) is 17.4. The van der Waals surface area contributed by atoms with Gasteiger partial charge < -0.3 is 25.2 Å². The lowest BCUT2D eigenvalue weighted by atomic mass is 9.72. The van der Waals surface area contributed by atoms with Gasteiger partial charge in [0.15, 0.2) is 6.29 Å². The number of aliphatic hydroxyl groups is 2. The van der Waals surface area contributed by atoms with E-state index < -0.39 is 53.8 Å². The fourth-order valence-corrected chi connectivity index (χ4v) is 2.97. The average Bonchev–Trinajstić information content (AvgIpc) is 2.53. The molecule has 14 heteroatoms. The molecule has 0 bridgehead atoms. The van der Waals surface area contributed by atoms with Crippen molar-refractivity contribution in [2.45, 2.75) is 30.6 Å². The zero-order valence-electron chi connectivity index (χ0n) is 13.6. The molecule has 1 heterocycles. The number of para-hydroxylation sites is 1. The molecule has 0 aliphatic carbocycles. The molecule has 1 aromatic carbocycles. The van der Waals surface area contributed by atoms with Crippen LogP contribution in [0.1, 0.15) is 23.8 Å². The van der Waals surface area contributed by atoms with Crippen LogP contribution in [0.2, 0.25) is 0 Å². The quantitative estimate of drug-likeness (QED) is 0.296. The lowest BCUT2D eigenvalue weighted by molar-refractivity contribution is -0.121. The largest absolute Gasteiger partial charge is 0.547 e. The molecule has 0 aromatic heterocycles. The molecule has 1 aliphatic heterocycles. The number of rotatable bonds is 6. The third-order valence-corrected chi connectivity index (χ3v) is 4.92. The molecule has 0 spiro atoms. The maximum Gasteiger partial charge on any atom is 0.547 e. The first kappa shape index (κ1) is 21.4. The smallest absolute Gasteiger partial charge is 0.534 e. The summed E-state index contributed by atoms with van der Waals surface area (Å²) in [5.74, 6) is -1.71. The highest BCUT2D eigenvalue weighted by Gasteiger charge is 2.45. The molecule has 0 saturated heterocycles. The van der Waals surface area contributed by atoms with Gasteiger partial charge in [0.25, 0.3) is 0 Å². The number of carbonyl (C=O) groups is 1. The Labute approximate surface area is 152 Å². The average molecular weight is 412 g/mol. The van der Waals surface area contributed by atoms with Gasteiger partial charge in [0.2, 0.25) is 5.91 Å². The van der Waals surface area contributed by atoms with Gasteiger partial charge >= 0.3 is 22.7 Å². The summed E-state index contributed by atoms with van der Waals surface area (Å²) in [5.41, 5.74) is -4.98. The Morgan fingerprint density at radius 1 is 1.37 bits per heavy atom. The fourth-order valence-electron chi connectivity index (χ4n) is 2.44. The summed E-state index contributed by atoms with van der Waals surface area (Å²) in [6, 6.07) is 4.46. The number of hydrogen-bond acceptors (Lipinski definition) is 7. The first-order chi connectivity index (χ1) is 12.4. The predicted octanol–water partition coefficient (Wildman–Crippen LogP) is -1.06. The van der Waals surface area contributed by atoms with Crippen molar-refractivity contribution in [1.29, 1.82) is 0 Å². The summed E-state index contributed by atoms with van der Waals surface area (Å²) in [6.45, 7) is -0.783. The Bertz CT molecular complexity index is 804. The summed E-state index contributed by atoms with van der Waals surface area (Å²) in [6.07, 6.45) is -2.38. The van der Waals surface area contributed by atoms with Crippen LogP contribution < -0.4 is 14.7 Å². The van der Waals surface area contributed by atoms with Gasteiger partial charge in [-0.2, -0.15) is 13.2 Å². The fraction of sp³-hybridized carbons (Fsp3) is 0.462. The molecule has 0 fully saturated rings. The first-order valence-corrected chi connectivity index (χ1v) is 9.08. The van der Waals surface area contributed by atoms with Crippen LogP contribution in [0.25, 0.3) is 0 Å². The molecule has 150 valence electrons. The van der Waals surface area contributed by atoms with Crippen molar-refractivity contribution < 1.29 is 46.3 Å². The topological polar surface area (TPSA) is 145 Å². The maximum atomic E-state index is 12.2. The Hall–Kier alpha value is -1.87. The summed E-state index contributed by atoms with van der Waals surface area (Å²) < 4.78 is 64.6. The van der Waals surface area contributed by atoms with Gasteiger partial charge in [-0.3, -0.25) is 4.79 Å². The predicted molar refractivity (Wildman–Crippen MR) is 85.5 cm³/mol. The second-order valence-electron chi connectivity index (χ2n) is 5.69. The summed E-state index contributed by atoms with van der Waals surface area (Å²) in [7, 11) is -7.09. The summed E-state index contributed by atoms with van der Waals surface area (Å²) in [4.78, 5) is 11.8. The standard InChI is InChI=1S/C13H16BF3N2O7S/c15-13(16,17)27(24,25)18-5-4-10(20)19-9-6-7-2-1-3-8(12(21)22)11(7)26-14(9)23/h1-3,9,12,18,21-23H,4-6H2,(H,19,20)/t9-/m0/s1. The second kappa shape index (κ2) is 8.02. The van der Waals surface area contributed by atoms with Crippen LogP contribution in [0, 0.1) is 0 Å². The Morgan fingerprint density at radius 2 is 2.04 bits per heavy atom. The molecule has 0 radical (unpaired) electrons. The summed E-state index contributed by atoms with van der Waals surface area (Å²) >= 11 is 0. The minimum absolute atomic E-state index is 0.0258. The van der Waals surface area contributed by atoms with Crippen molar-refractivity contribution in [2.75, 3.05) is 6.54 Å². The van der Waals surface area contributed by atoms with E-state index in [1.54, 1.807) is 6.07 Å². The van der Waals surface area contributed by atoms with Crippen molar-refractivity contribution in [2.24, 2.45) is 0 Å². The van der Waals surface area contributed by atoms with Gasteiger partial charge in [-0.1, -0.05) is 18.2 Å². The van der Waals surface area contributed by atoms with Crippen LogP contribution in [-0.4, -0.2) is 54.7 Å². The van der Waals surface area contributed by atoms with Crippen molar-refractivity contribution in [3.63, 3.8) is 0 Å². The Balaban J connectivity index is 1.95. The molecule has 2 rings (SSSR count). The van der Waals surface area contributed by atoms with Crippen molar-refractivity contribution in [3.05, 3.63) is 29.3 Å². The maximum absolute atomic E-state index is 12.2. The Morgan fingerprint density at radius 3 is 2.63 bits per heavy atom. The number of amides is 1. The van der Waals surface area contributed by atoms with Crippen LogP contribution in [0.5, 0.6) is 5.75 Å². The lowest BCUT2D eigenvalue weighted by Crippen LogP contribution is -2.53. The zero-order chi connectivity index (χ0) is 20.4. The van der Waals surface area contributed by atoms with E-state index >= 15 is 0 Å². The van der Waals surface area contributed by atoms with Gasteiger partial charge in [0, 0.05) is 18.5 Å². The molecule has 5 N–H and O–H groups in total. The van der Waals surface area contributed by atoms with Gasteiger partial charge in [-0.15, -0.1) is 0 Å². The SMILES string of the molecule is O=C(CCNS(=O)(=O)C(F)(F)F)N[C@H]1Cc2cccc(C(O)O)c2OB1O. The van der Waals surface area contributed by atoms with Crippen LogP contribution in [0.15, 0.2) is 18.2 Å². The van der Waals surface area contributed by atoms with Crippen molar-refractivity contribution >= 4 is 23.0 Å². The van der Waals surface area contributed by atoms with E-state index in [-0.39, 0.29) is 17.7 Å². The van der Waals surface area contributed by atoms with Gasteiger partial charge in [0.1, 0.15) is 5.75 Å². The molecule has 1 atom stereocenters.